The first-order chi connectivity index (χ1) is 11.2. The predicted octanol–water partition coefficient (Wildman–Crippen LogP) is 3.92. The second-order valence-electron chi connectivity index (χ2n) is 5.31. The van der Waals surface area contributed by atoms with Gasteiger partial charge in [0.15, 0.2) is 0 Å². The molecule has 0 fully saturated rings. The van der Waals surface area contributed by atoms with E-state index in [2.05, 4.69) is 27.8 Å². The summed E-state index contributed by atoms with van der Waals surface area (Å²) in [5.74, 6) is 2.24. The molecule has 0 saturated carbocycles. The molecule has 0 aliphatic rings. The molecule has 0 atom stereocenters. The van der Waals surface area contributed by atoms with Crippen molar-refractivity contribution >= 4 is 17.5 Å². The minimum Gasteiger partial charge on any atom is -0.459 e. The molecule has 0 radical (unpaired) electrons. The van der Waals surface area contributed by atoms with E-state index in [0.29, 0.717) is 12.5 Å². The van der Waals surface area contributed by atoms with Crippen LogP contribution < -0.4 is 5.32 Å². The highest BCUT2D eigenvalue weighted by Gasteiger charge is 2.09. The summed E-state index contributed by atoms with van der Waals surface area (Å²) in [7, 11) is 0. The maximum atomic E-state index is 6.17. The number of benzene rings is 1. The molecule has 1 aromatic carbocycles. The average molecular weight is 332 g/mol. The van der Waals surface area contributed by atoms with Crippen LogP contribution in [0.5, 0.6) is 0 Å². The third kappa shape index (κ3) is 3.53. The zero-order valence-corrected chi connectivity index (χ0v) is 13.8. The van der Waals surface area contributed by atoms with Crippen molar-refractivity contribution in [1.29, 1.82) is 0 Å². The first-order valence-electron chi connectivity index (χ1n) is 7.52. The van der Waals surface area contributed by atoms with E-state index in [4.69, 9.17) is 16.0 Å². The van der Waals surface area contributed by atoms with Crippen molar-refractivity contribution < 1.29 is 4.42 Å². The first-order valence-corrected chi connectivity index (χ1v) is 7.90. The van der Waals surface area contributed by atoms with E-state index >= 15 is 0 Å². The average Bonchev–Trinajstić information content (AvgIpc) is 3.18. The molecule has 0 spiro atoms. The van der Waals surface area contributed by atoms with Gasteiger partial charge in [0, 0.05) is 17.1 Å². The maximum absolute atomic E-state index is 6.17. The molecule has 0 amide bonds. The van der Waals surface area contributed by atoms with Crippen LogP contribution in [-0.2, 0) is 13.1 Å². The zero-order chi connectivity index (χ0) is 16.2. The molecular weight excluding hydrogens is 314 g/mol. The second kappa shape index (κ2) is 6.83. The number of rotatable bonds is 6. The van der Waals surface area contributed by atoms with E-state index in [1.165, 1.54) is 0 Å². The summed E-state index contributed by atoms with van der Waals surface area (Å²) >= 11 is 6.17. The Morgan fingerprint density at radius 3 is 2.91 bits per heavy atom. The summed E-state index contributed by atoms with van der Waals surface area (Å²) in [4.78, 5) is 0. The van der Waals surface area contributed by atoms with Crippen LogP contribution in [0, 0.1) is 6.92 Å². The standard InChI is InChI=1S/C16H18ClN5O/c1-3-8-22-16(19-20-21-22)18-10-13-6-7-15(23-13)12-5-4-11(2)14(17)9-12/h4-7,9H,3,8,10H2,1-2H3,(H,18,19,21). The Bertz CT molecular complexity index is 795. The molecule has 1 N–H and O–H groups in total. The van der Waals surface area contributed by atoms with Crippen LogP contribution in [0.3, 0.4) is 0 Å². The van der Waals surface area contributed by atoms with E-state index < -0.39 is 0 Å². The van der Waals surface area contributed by atoms with Crippen LogP contribution in [0.4, 0.5) is 5.95 Å². The predicted molar refractivity (Wildman–Crippen MR) is 89.3 cm³/mol. The van der Waals surface area contributed by atoms with Gasteiger partial charge in [-0.2, -0.15) is 0 Å². The van der Waals surface area contributed by atoms with E-state index in [1.807, 2.05) is 37.3 Å². The fraction of sp³-hybridized carbons (Fsp3) is 0.312. The summed E-state index contributed by atoms with van der Waals surface area (Å²) in [5.41, 5.74) is 2.01. The van der Waals surface area contributed by atoms with E-state index in [9.17, 15) is 0 Å². The molecule has 0 bridgehead atoms. The quantitative estimate of drug-likeness (QED) is 0.741. The van der Waals surface area contributed by atoms with E-state index in [-0.39, 0.29) is 0 Å². The molecule has 6 nitrogen and oxygen atoms in total. The van der Waals surface area contributed by atoms with Crippen molar-refractivity contribution in [2.24, 2.45) is 0 Å². The van der Waals surface area contributed by atoms with Crippen LogP contribution in [-0.4, -0.2) is 20.2 Å². The number of anilines is 1. The molecule has 7 heteroatoms. The van der Waals surface area contributed by atoms with Gasteiger partial charge in [-0.25, -0.2) is 4.68 Å². The molecule has 3 rings (SSSR count). The number of aryl methyl sites for hydroxylation is 2. The lowest BCUT2D eigenvalue weighted by molar-refractivity contribution is 0.528. The van der Waals surface area contributed by atoms with Gasteiger partial charge in [-0.3, -0.25) is 0 Å². The minimum atomic E-state index is 0.518. The van der Waals surface area contributed by atoms with Crippen LogP contribution in [0.25, 0.3) is 11.3 Å². The Morgan fingerprint density at radius 2 is 2.13 bits per heavy atom. The Labute approximate surface area is 139 Å². The van der Waals surface area contributed by atoms with Crippen LogP contribution in [0.1, 0.15) is 24.7 Å². The lowest BCUT2D eigenvalue weighted by atomic mass is 10.1. The summed E-state index contributed by atoms with van der Waals surface area (Å²) in [6.45, 7) is 5.35. The molecule has 0 unspecified atom stereocenters. The van der Waals surface area contributed by atoms with Gasteiger partial charge in [0.25, 0.3) is 0 Å². The van der Waals surface area contributed by atoms with E-state index in [0.717, 1.165) is 40.6 Å². The van der Waals surface area contributed by atoms with Gasteiger partial charge >= 0.3 is 0 Å². The molecule has 23 heavy (non-hydrogen) atoms. The number of hydrogen-bond donors (Lipinski definition) is 1. The minimum absolute atomic E-state index is 0.518. The van der Waals surface area contributed by atoms with Gasteiger partial charge in [0.05, 0.1) is 6.54 Å². The second-order valence-corrected chi connectivity index (χ2v) is 5.72. The van der Waals surface area contributed by atoms with Crippen LogP contribution >= 0.6 is 11.6 Å². The van der Waals surface area contributed by atoms with Gasteiger partial charge in [0.1, 0.15) is 11.5 Å². The molecular formula is C16H18ClN5O. The number of furan rings is 1. The number of halogens is 1. The number of nitrogens with zero attached hydrogens (tertiary/aromatic N) is 4. The van der Waals surface area contributed by atoms with Crippen LogP contribution in [0.2, 0.25) is 5.02 Å². The SMILES string of the molecule is CCCn1nnnc1NCc1ccc(-c2ccc(C)c(Cl)c2)o1. The van der Waals surface area contributed by atoms with Crippen molar-refractivity contribution in [3.05, 3.63) is 46.7 Å². The Balaban J connectivity index is 1.69. The Kier molecular flexibility index (Phi) is 4.62. The number of hydrogen-bond acceptors (Lipinski definition) is 5. The van der Waals surface area contributed by atoms with Crippen molar-refractivity contribution in [3.63, 3.8) is 0 Å². The summed E-state index contributed by atoms with van der Waals surface area (Å²) < 4.78 is 7.60. The van der Waals surface area contributed by atoms with Gasteiger partial charge in [-0.05, 0) is 47.5 Å². The maximum Gasteiger partial charge on any atom is 0.243 e. The molecule has 3 aromatic rings. The monoisotopic (exact) mass is 331 g/mol. The first kappa shape index (κ1) is 15.6. The molecule has 2 aromatic heterocycles. The molecule has 0 aliphatic carbocycles. The van der Waals surface area contributed by atoms with Crippen molar-refractivity contribution in [3.8, 4) is 11.3 Å². The highest BCUT2D eigenvalue weighted by atomic mass is 35.5. The fourth-order valence-corrected chi connectivity index (χ4v) is 2.41. The highest BCUT2D eigenvalue weighted by molar-refractivity contribution is 6.31. The zero-order valence-electron chi connectivity index (χ0n) is 13.1. The van der Waals surface area contributed by atoms with Gasteiger partial charge < -0.3 is 9.73 Å². The third-order valence-corrected chi connectivity index (χ3v) is 3.91. The smallest absolute Gasteiger partial charge is 0.243 e. The third-order valence-electron chi connectivity index (χ3n) is 3.51. The van der Waals surface area contributed by atoms with Crippen LogP contribution in [0.15, 0.2) is 34.7 Å². The molecule has 120 valence electrons. The topological polar surface area (TPSA) is 68.8 Å². The number of tetrazole rings is 1. The summed E-state index contributed by atoms with van der Waals surface area (Å²) in [5, 5.41) is 15.5. The summed E-state index contributed by atoms with van der Waals surface area (Å²) in [6, 6.07) is 9.77. The van der Waals surface area contributed by atoms with Gasteiger partial charge in [-0.1, -0.05) is 35.8 Å². The van der Waals surface area contributed by atoms with Crippen molar-refractivity contribution in [2.45, 2.75) is 33.4 Å². The van der Waals surface area contributed by atoms with E-state index in [1.54, 1.807) is 4.68 Å². The normalized spacial score (nSPS) is 10.9. The highest BCUT2D eigenvalue weighted by Crippen LogP contribution is 2.27. The fourth-order valence-electron chi connectivity index (χ4n) is 2.23. The van der Waals surface area contributed by atoms with Gasteiger partial charge in [0.2, 0.25) is 5.95 Å². The number of nitrogens with one attached hydrogen (secondary N) is 1. The lowest BCUT2D eigenvalue weighted by Crippen LogP contribution is -2.08. The molecule has 0 saturated heterocycles. The lowest BCUT2D eigenvalue weighted by Gasteiger charge is -2.04. The van der Waals surface area contributed by atoms with Crippen molar-refractivity contribution in [1.82, 2.24) is 20.2 Å². The number of aromatic nitrogens is 4. The Hall–Kier alpha value is -2.34. The Morgan fingerprint density at radius 1 is 1.26 bits per heavy atom. The van der Waals surface area contributed by atoms with Gasteiger partial charge in [-0.15, -0.1) is 0 Å². The largest absolute Gasteiger partial charge is 0.459 e. The summed E-state index contributed by atoms with van der Waals surface area (Å²) in [6.07, 6.45) is 0.971. The molecule has 0 aliphatic heterocycles. The van der Waals surface area contributed by atoms with Crippen molar-refractivity contribution in [2.75, 3.05) is 5.32 Å². The molecule has 2 heterocycles.